The highest BCUT2D eigenvalue weighted by Gasteiger charge is 2.30. The molecule has 0 radical (unpaired) electrons. The molecule has 0 unspecified atom stereocenters. The maximum atomic E-state index is 12.8. The molecule has 0 aromatic heterocycles. The standard InChI is InChI=1S/C20H31N3O5S/c1-15(2)13-18(20(25)28-4)21-19(24)14-22-9-11-23(12-10-22)29(26,27)17-7-5-16(3)6-8-17/h5-8,15,18H,9-14H2,1-4H3,(H,21,24)/t18-/m1/s1. The van der Waals surface area contributed by atoms with Crippen molar-refractivity contribution in [3.05, 3.63) is 29.8 Å². The molecule has 0 bridgehead atoms. The first-order valence-corrected chi connectivity index (χ1v) is 11.2. The van der Waals surface area contributed by atoms with Gasteiger partial charge in [0.1, 0.15) is 6.04 Å². The molecule has 0 spiro atoms. The Morgan fingerprint density at radius 1 is 1.10 bits per heavy atom. The Hall–Kier alpha value is -1.97. The summed E-state index contributed by atoms with van der Waals surface area (Å²) in [5.41, 5.74) is 1.00. The highest BCUT2D eigenvalue weighted by Crippen LogP contribution is 2.18. The number of carbonyl (C=O) groups is 2. The lowest BCUT2D eigenvalue weighted by Crippen LogP contribution is -2.52. The van der Waals surface area contributed by atoms with Crippen molar-refractivity contribution in [1.82, 2.24) is 14.5 Å². The molecule has 1 heterocycles. The Kier molecular flexibility index (Phi) is 8.18. The van der Waals surface area contributed by atoms with E-state index in [2.05, 4.69) is 5.32 Å². The van der Waals surface area contributed by atoms with E-state index in [-0.39, 0.29) is 23.3 Å². The molecule has 1 aliphatic heterocycles. The lowest BCUT2D eigenvalue weighted by atomic mass is 10.0. The minimum atomic E-state index is -3.53. The molecular weight excluding hydrogens is 394 g/mol. The number of sulfonamides is 1. The highest BCUT2D eigenvalue weighted by atomic mass is 32.2. The summed E-state index contributed by atoms with van der Waals surface area (Å²) in [4.78, 5) is 26.4. The molecule has 1 aromatic rings. The Balaban J connectivity index is 1.89. The number of hydrogen-bond acceptors (Lipinski definition) is 6. The first-order chi connectivity index (χ1) is 13.6. The van der Waals surface area contributed by atoms with Crippen molar-refractivity contribution in [1.29, 1.82) is 0 Å². The fourth-order valence-corrected chi connectivity index (χ4v) is 4.68. The van der Waals surface area contributed by atoms with E-state index in [1.807, 2.05) is 25.7 Å². The third-order valence-electron chi connectivity index (χ3n) is 4.89. The summed E-state index contributed by atoms with van der Waals surface area (Å²) in [5.74, 6) is -0.494. The van der Waals surface area contributed by atoms with Crippen LogP contribution in [0.5, 0.6) is 0 Å². The zero-order chi connectivity index (χ0) is 21.6. The van der Waals surface area contributed by atoms with Crippen LogP contribution in [-0.4, -0.2) is 75.4 Å². The number of benzene rings is 1. The van der Waals surface area contributed by atoms with Crippen LogP contribution in [0.15, 0.2) is 29.2 Å². The van der Waals surface area contributed by atoms with Gasteiger partial charge in [-0.3, -0.25) is 9.69 Å². The van der Waals surface area contributed by atoms with Gasteiger partial charge in [-0.25, -0.2) is 13.2 Å². The Bertz CT molecular complexity index is 800. The van der Waals surface area contributed by atoms with Gasteiger partial charge in [-0.1, -0.05) is 31.5 Å². The number of amides is 1. The number of ether oxygens (including phenoxy) is 1. The fourth-order valence-electron chi connectivity index (χ4n) is 3.26. The minimum absolute atomic E-state index is 0.115. The molecule has 1 amide bonds. The van der Waals surface area contributed by atoms with Crippen molar-refractivity contribution in [2.75, 3.05) is 39.8 Å². The van der Waals surface area contributed by atoms with Crippen LogP contribution in [0, 0.1) is 12.8 Å². The summed E-state index contributed by atoms with van der Waals surface area (Å²) in [6, 6.07) is 6.12. The average Bonchev–Trinajstić information content (AvgIpc) is 2.67. The molecule has 29 heavy (non-hydrogen) atoms. The van der Waals surface area contributed by atoms with Crippen LogP contribution < -0.4 is 5.32 Å². The number of piperazine rings is 1. The van der Waals surface area contributed by atoms with Crippen LogP contribution in [0.3, 0.4) is 0 Å². The van der Waals surface area contributed by atoms with Gasteiger partial charge in [0.2, 0.25) is 15.9 Å². The topological polar surface area (TPSA) is 96.0 Å². The van der Waals surface area contributed by atoms with Crippen LogP contribution in [0.1, 0.15) is 25.8 Å². The van der Waals surface area contributed by atoms with Crippen molar-refractivity contribution in [2.24, 2.45) is 5.92 Å². The molecule has 1 fully saturated rings. The third kappa shape index (κ3) is 6.52. The van der Waals surface area contributed by atoms with Crippen molar-refractivity contribution in [3.8, 4) is 0 Å². The van der Waals surface area contributed by atoms with Crippen LogP contribution in [-0.2, 0) is 24.3 Å². The molecular formula is C20H31N3O5S. The van der Waals surface area contributed by atoms with Gasteiger partial charge in [-0.15, -0.1) is 0 Å². The average molecular weight is 426 g/mol. The molecule has 9 heteroatoms. The summed E-state index contributed by atoms with van der Waals surface area (Å²) in [6.45, 7) is 7.49. The Labute approximate surface area is 173 Å². The summed E-state index contributed by atoms with van der Waals surface area (Å²) in [7, 11) is -2.23. The van der Waals surface area contributed by atoms with Gasteiger partial charge in [0.05, 0.1) is 18.6 Å². The molecule has 2 rings (SSSR count). The van der Waals surface area contributed by atoms with Crippen molar-refractivity contribution in [3.63, 3.8) is 0 Å². The molecule has 1 saturated heterocycles. The fraction of sp³-hybridized carbons (Fsp3) is 0.600. The summed E-state index contributed by atoms with van der Waals surface area (Å²) >= 11 is 0. The molecule has 162 valence electrons. The number of esters is 1. The summed E-state index contributed by atoms with van der Waals surface area (Å²) in [6.07, 6.45) is 0.501. The minimum Gasteiger partial charge on any atom is -0.467 e. The van der Waals surface area contributed by atoms with E-state index in [9.17, 15) is 18.0 Å². The number of nitrogens with zero attached hydrogens (tertiary/aromatic N) is 2. The molecule has 0 saturated carbocycles. The molecule has 1 aromatic carbocycles. The van der Waals surface area contributed by atoms with E-state index in [0.717, 1.165) is 5.56 Å². The maximum absolute atomic E-state index is 12.8. The summed E-state index contributed by atoms with van der Waals surface area (Å²) in [5, 5.41) is 2.73. The van der Waals surface area contributed by atoms with Gasteiger partial charge < -0.3 is 10.1 Å². The highest BCUT2D eigenvalue weighted by molar-refractivity contribution is 7.89. The Morgan fingerprint density at radius 2 is 1.69 bits per heavy atom. The molecule has 8 nitrogen and oxygen atoms in total. The van der Waals surface area contributed by atoms with Crippen LogP contribution in [0.2, 0.25) is 0 Å². The summed E-state index contributed by atoms with van der Waals surface area (Å²) < 4.78 is 31.7. The number of hydrogen-bond donors (Lipinski definition) is 1. The molecule has 0 aliphatic carbocycles. The lowest BCUT2D eigenvalue weighted by Gasteiger charge is -2.33. The maximum Gasteiger partial charge on any atom is 0.328 e. The van der Waals surface area contributed by atoms with E-state index >= 15 is 0 Å². The number of aryl methyl sites for hydroxylation is 1. The van der Waals surface area contributed by atoms with E-state index in [0.29, 0.717) is 32.6 Å². The van der Waals surface area contributed by atoms with E-state index in [1.54, 1.807) is 24.3 Å². The third-order valence-corrected chi connectivity index (χ3v) is 6.80. The van der Waals surface area contributed by atoms with Crippen molar-refractivity contribution >= 4 is 21.9 Å². The SMILES string of the molecule is COC(=O)[C@@H](CC(C)C)NC(=O)CN1CCN(S(=O)(=O)c2ccc(C)cc2)CC1. The molecule has 1 atom stereocenters. The first kappa shape index (κ1) is 23.3. The second-order valence-corrected chi connectivity index (χ2v) is 9.70. The van der Waals surface area contributed by atoms with E-state index < -0.39 is 22.0 Å². The van der Waals surface area contributed by atoms with Gasteiger partial charge in [-0.2, -0.15) is 4.31 Å². The van der Waals surface area contributed by atoms with Crippen molar-refractivity contribution in [2.45, 2.75) is 38.1 Å². The number of carbonyl (C=O) groups excluding carboxylic acids is 2. The second-order valence-electron chi connectivity index (χ2n) is 7.77. The molecule has 1 aliphatic rings. The predicted molar refractivity (Wildman–Crippen MR) is 110 cm³/mol. The van der Waals surface area contributed by atoms with Gasteiger partial charge in [0.25, 0.3) is 0 Å². The molecule has 1 N–H and O–H groups in total. The van der Waals surface area contributed by atoms with Gasteiger partial charge >= 0.3 is 5.97 Å². The van der Waals surface area contributed by atoms with Crippen LogP contribution in [0.25, 0.3) is 0 Å². The van der Waals surface area contributed by atoms with Crippen LogP contribution in [0.4, 0.5) is 0 Å². The van der Waals surface area contributed by atoms with Gasteiger partial charge in [0.15, 0.2) is 0 Å². The van der Waals surface area contributed by atoms with E-state index in [1.165, 1.54) is 11.4 Å². The smallest absolute Gasteiger partial charge is 0.328 e. The van der Waals surface area contributed by atoms with Gasteiger partial charge in [-0.05, 0) is 31.4 Å². The van der Waals surface area contributed by atoms with E-state index in [4.69, 9.17) is 4.74 Å². The largest absolute Gasteiger partial charge is 0.467 e. The monoisotopic (exact) mass is 425 g/mol. The zero-order valence-corrected chi connectivity index (χ0v) is 18.4. The lowest BCUT2D eigenvalue weighted by molar-refractivity contribution is -0.145. The number of rotatable bonds is 8. The Morgan fingerprint density at radius 3 is 2.21 bits per heavy atom. The van der Waals surface area contributed by atoms with Gasteiger partial charge in [0, 0.05) is 26.2 Å². The predicted octanol–water partition coefficient (Wildman–Crippen LogP) is 1.01. The second kappa shape index (κ2) is 10.2. The van der Waals surface area contributed by atoms with Crippen LogP contribution >= 0.6 is 0 Å². The number of nitrogens with one attached hydrogen (secondary N) is 1. The normalized spacial score (nSPS) is 17.1. The zero-order valence-electron chi connectivity index (χ0n) is 17.6. The quantitative estimate of drug-likeness (QED) is 0.625. The number of methoxy groups -OCH3 is 1. The first-order valence-electron chi connectivity index (χ1n) is 9.80. The van der Waals surface area contributed by atoms with Crippen molar-refractivity contribution < 1.29 is 22.7 Å².